The molecule has 1 saturated heterocycles. The van der Waals surface area contributed by atoms with Crippen LogP contribution in [0.5, 0.6) is 0 Å². The van der Waals surface area contributed by atoms with Gasteiger partial charge in [-0.05, 0) is 12.8 Å². The van der Waals surface area contributed by atoms with Gasteiger partial charge in [-0.2, -0.15) is 4.31 Å². The summed E-state index contributed by atoms with van der Waals surface area (Å²) < 4.78 is 24.6. The maximum absolute atomic E-state index is 11.5. The smallest absolute Gasteiger partial charge is 0.212 e. The fourth-order valence-electron chi connectivity index (χ4n) is 1.17. The molecule has 3 nitrogen and oxygen atoms in total. The lowest BCUT2D eigenvalue weighted by Gasteiger charge is -2.13. The SMILES string of the molecule is O=S(=O)(C1CC1)N1CCSC1. The van der Waals surface area contributed by atoms with Crippen LogP contribution in [0.25, 0.3) is 0 Å². The molecule has 0 aromatic heterocycles. The quantitative estimate of drug-likeness (QED) is 0.640. The van der Waals surface area contributed by atoms with Crippen molar-refractivity contribution in [2.75, 3.05) is 18.2 Å². The third-order valence-corrected chi connectivity index (χ3v) is 5.50. The number of nitrogens with zero attached hydrogens (tertiary/aromatic N) is 1. The molecule has 11 heavy (non-hydrogen) atoms. The van der Waals surface area contributed by atoms with Crippen LogP contribution < -0.4 is 0 Å². The van der Waals surface area contributed by atoms with Gasteiger partial charge in [-0.25, -0.2) is 8.42 Å². The summed E-state index contributed by atoms with van der Waals surface area (Å²) in [6.45, 7) is 0.726. The zero-order valence-electron chi connectivity index (χ0n) is 6.19. The molecule has 0 unspecified atom stereocenters. The monoisotopic (exact) mass is 193 g/mol. The van der Waals surface area contributed by atoms with Crippen molar-refractivity contribution in [3.05, 3.63) is 0 Å². The van der Waals surface area contributed by atoms with E-state index in [1.165, 1.54) is 0 Å². The second-order valence-corrected chi connectivity index (χ2v) is 6.24. The largest absolute Gasteiger partial charge is 0.217 e. The van der Waals surface area contributed by atoms with Crippen LogP contribution in [0.2, 0.25) is 0 Å². The summed E-state index contributed by atoms with van der Waals surface area (Å²) in [6, 6.07) is 0. The van der Waals surface area contributed by atoms with Crippen LogP contribution in [-0.4, -0.2) is 36.1 Å². The van der Waals surface area contributed by atoms with E-state index in [0.717, 1.165) is 25.1 Å². The minimum absolute atomic E-state index is 0.0267. The molecular weight excluding hydrogens is 182 g/mol. The fourth-order valence-corrected chi connectivity index (χ4v) is 4.41. The minimum atomic E-state index is -2.85. The lowest BCUT2D eigenvalue weighted by atomic mass is 10.8. The molecule has 0 N–H and O–H groups in total. The first-order valence-corrected chi connectivity index (χ1v) is 6.44. The van der Waals surface area contributed by atoms with Gasteiger partial charge in [0.2, 0.25) is 10.0 Å². The molecule has 2 aliphatic rings. The molecule has 2 fully saturated rings. The molecule has 0 bridgehead atoms. The molecule has 1 aliphatic carbocycles. The van der Waals surface area contributed by atoms with Crippen LogP contribution in [0, 0.1) is 0 Å². The van der Waals surface area contributed by atoms with Crippen molar-refractivity contribution < 1.29 is 8.42 Å². The van der Waals surface area contributed by atoms with Gasteiger partial charge < -0.3 is 0 Å². The van der Waals surface area contributed by atoms with Crippen molar-refractivity contribution in [1.29, 1.82) is 0 Å². The van der Waals surface area contributed by atoms with Crippen LogP contribution in [0.4, 0.5) is 0 Å². The second kappa shape index (κ2) is 2.64. The third-order valence-electron chi connectivity index (χ3n) is 2.03. The molecule has 64 valence electrons. The highest BCUT2D eigenvalue weighted by Gasteiger charge is 2.40. The number of thioether (sulfide) groups is 1. The van der Waals surface area contributed by atoms with Crippen molar-refractivity contribution in [3.8, 4) is 0 Å². The van der Waals surface area contributed by atoms with Crippen LogP contribution in [0.1, 0.15) is 12.8 Å². The Morgan fingerprint density at radius 3 is 2.55 bits per heavy atom. The van der Waals surface area contributed by atoms with Gasteiger partial charge in [0.05, 0.1) is 11.1 Å². The molecule has 0 radical (unpaired) electrons. The lowest BCUT2D eigenvalue weighted by molar-refractivity contribution is 0.488. The van der Waals surface area contributed by atoms with E-state index < -0.39 is 10.0 Å². The Labute approximate surface area is 71.2 Å². The molecule has 0 atom stereocenters. The van der Waals surface area contributed by atoms with E-state index in [0.29, 0.717) is 5.88 Å². The van der Waals surface area contributed by atoms with Gasteiger partial charge in [0.15, 0.2) is 0 Å². The average Bonchev–Trinajstić information content (AvgIpc) is 2.66. The van der Waals surface area contributed by atoms with E-state index in [1.807, 2.05) is 0 Å². The van der Waals surface area contributed by atoms with Gasteiger partial charge in [-0.3, -0.25) is 0 Å². The molecule has 0 aromatic carbocycles. The number of rotatable bonds is 2. The van der Waals surface area contributed by atoms with Crippen LogP contribution >= 0.6 is 11.8 Å². The van der Waals surface area contributed by atoms with Crippen molar-refractivity contribution in [2.45, 2.75) is 18.1 Å². The van der Waals surface area contributed by atoms with Crippen molar-refractivity contribution in [3.63, 3.8) is 0 Å². The summed E-state index contributed by atoms with van der Waals surface area (Å²) in [5, 5.41) is -0.0267. The predicted molar refractivity (Wildman–Crippen MR) is 46.0 cm³/mol. The molecule has 1 saturated carbocycles. The minimum Gasteiger partial charge on any atom is -0.212 e. The topological polar surface area (TPSA) is 37.4 Å². The summed E-state index contributed by atoms with van der Waals surface area (Å²) in [5.41, 5.74) is 0. The van der Waals surface area contributed by atoms with Gasteiger partial charge in [-0.1, -0.05) is 0 Å². The standard InChI is InChI=1S/C6H11NO2S2/c8-11(9,6-1-2-6)7-3-4-10-5-7/h6H,1-5H2. The fraction of sp³-hybridized carbons (Fsp3) is 1.00. The highest BCUT2D eigenvalue weighted by Crippen LogP contribution is 2.33. The van der Waals surface area contributed by atoms with Crippen molar-refractivity contribution in [2.24, 2.45) is 0 Å². The third kappa shape index (κ3) is 1.41. The number of hydrogen-bond acceptors (Lipinski definition) is 3. The summed E-state index contributed by atoms with van der Waals surface area (Å²) in [4.78, 5) is 0. The predicted octanol–water partition coefficient (Wildman–Crippen LogP) is 0.485. The molecule has 2 rings (SSSR count). The Bertz CT molecular complexity index is 239. The van der Waals surface area contributed by atoms with Crippen LogP contribution in [0.15, 0.2) is 0 Å². The van der Waals surface area contributed by atoms with E-state index in [9.17, 15) is 8.42 Å². The van der Waals surface area contributed by atoms with Crippen molar-refractivity contribution in [1.82, 2.24) is 4.31 Å². The van der Waals surface area contributed by atoms with E-state index in [4.69, 9.17) is 0 Å². The van der Waals surface area contributed by atoms with E-state index in [2.05, 4.69) is 0 Å². The molecular formula is C6H11NO2S2. The van der Waals surface area contributed by atoms with Gasteiger partial charge in [0.25, 0.3) is 0 Å². The second-order valence-electron chi connectivity index (χ2n) is 2.96. The van der Waals surface area contributed by atoms with Gasteiger partial charge in [0, 0.05) is 12.3 Å². The van der Waals surface area contributed by atoms with Crippen molar-refractivity contribution >= 4 is 21.8 Å². The van der Waals surface area contributed by atoms with Crippen LogP contribution in [-0.2, 0) is 10.0 Å². The molecule has 0 spiro atoms. The van der Waals surface area contributed by atoms with E-state index >= 15 is 0 Å². The van der Waals surface area contributed by atoms with Crippen LogP contribution in [0.3, 0.4) is 0 Å². The zero-order valence-corrected chi connectivity index (χ0v) is 7.83. The zero-order chi connectivity index (χ0) is 7.90. The Morgan fingerprint density at radius 2 is 2.09 bits per heavy atom. The Balaban J connectivity index is 2.12. The Hall–Kier alpha value is 0.260. The molecule has 0 amide bonds. The van der Waals surface area contributed by atoms with Gasteiger partial charge in [0.1, 0.15) is 0 Å². The van der Waals surface area contributed by atoms with Gasteiger partial charge >= 0.3 is 0 Å². The molecule has 0 aromatic rings. The maximum atomic E-state index is 11.5. The highest BCUT2D eigenvalue weighted by molar-refractivity contribution is 8.00. The molecule has 5 heteroatoms. The first-order valence-electron chi connectivity index (χ1n) is 3.78. The van der Waals surface area contributed by atoms with Gasteiger partial charge in [-0.15, -0.1) is 11.8 Å². The molecule has 1 aliphatic heterocycles. The first-order chi connectivity index (χ1) is 5.21. The normalized spacial score (nSPS) is 27.6. The maximum Gasteiger partial charge on any atom is 0.217 e. The summed E-state index contributed by atoms with van der Waals surface area (Å²) in [5.74, 6) is 1.64. The summed E-state index contributed by atoms with van der Waals surface area (Å²) in [6.07, 6.45) is 1.76. The summed E-state index contributed by atoms with van der Waals surface area (Å²) >= 11 is 1.70. The highest BCUT2D eigenvalue weighted by atomic mass is 32.2. The first kappa shape index (κ1) is 7.89. The Kier molecular flexibility index (Phi) is 1.89. The number of hydrogen-bond donors (Lipinski definition) is 0. The van der Waals surface area contributed by atoms with E-state index in [-0.39, 0.29) is 5.25 Å². The average molecular weight is 193 g/mol. The number of sulfonamides is 1. The molecule has 1 heterocycles. The summed E-state index contributed by atoms with van der Waals surface area (Å²) in [7, 11) is -2.85. The lowest BCUT2D eigenvalue weighted by Crippen LogP contribution is -2.30. The Morgan fingerprint density at radius 1 is 1.36 bits per heavy atom. The van der Waals surface area contributed by atoms with E-state index in [1.54, 1.807) is 16.1 Å².